The number of nitrogens with zero attached hydrogens (tertiary/aromatic N) is 3. The average Bonchev–Trinajstić information content (AvgIpc) is 2.58. The van der Waals surface area contributed by atoms with Gasteiger partial charge in [0.2, 0.25) is 0 Å². The van der Waals surface area contributed by atoms with E-state index in [2.05, 4.69) is 22.2 Å². The molecule has 1 N–H and O–H groups in total. The Bertz CT molecular complexity index is 583. The van der Waals surface area contributed by atoms with E-state index < -0.39 is 0 Å². The molecule has 22 heavy (non-hydrogen) atoms. The number of hydrogen-bond donors (Lipinski definition) is 1. The second-order valence-electron chi connectivity index (χ2n) is 5.19. The minimum absolute atomic E-state index is 0.0106. The molecular formula is C17H22N4O. The van der Waals surface area contributed by atoms with E-state index in [1.165, 1.54) is 5.56 Å². The van der Waals surface area contributed by atoms with Gasteiger partial charge in [0, 0.05) is 38.7 Å². The van der Waals surface area contributed by atoms with Crippen LogP contribution in [0.15, 0.2) is 42.9 Å². The normalized spacial score (nSPS) is 10.3. The molecule has 116 valence electrons. The molecule has 0 spiro atoms. The van der Waals surface area contributed by atoms with Gasteiger partial charge in [0.1, 0.15) is 5.82 Å². The Morgan fingerprint density at radius 3 is 2.64 bits per heavy atom. The van der Waals surface area contributed by atoms with E-state index in [1.807, 2.05) is 31.3 Å². The molecule has 5 nitrogen and oxygen atoms in total. The summed E-state index contributed by atoms with van der Waals surface area (Å²) in [5, 5.41) is 3.19. The summed E-state index contributed by atoms with van der Waals surface area (Å²) in [5.74, 6) is 0.793. The fraction of sp³-hybridized carbons (Fsp3) is 0.353. The number of carbonyl (C=O) groups is 1. The molecule has 1 amide bonds. The molecule has 0 radical (unpaired) electrons. The van der Waals surface area contributed by atoms with E-state index in [1.54, 1.807) is 23.5 Å². The minimum Gasteiger partial charge on any atom is -0.370 e. The summed E-state index contributed by atoms with van der Waals surface area (Å²) in [4.78, 5) is 22.3. The highest BCUT2D eigenvalue weighted by molar-refractivity contribution is 5.93. The summed E-state index contributed by atoms with van der Waals surface area (Å²) in [5.41, 5.74) is 1.78. The summed E-state index contributed by atoms with van der Waals surface area (Å²) in [6.07, 6.45) is 7.02. The van der Waals surface area contributed by atoms with Crippen molar-refractivity contribution in [1.82, 2.24) is 14.9 Å². The predicted octanol–water partition coefficient (Wildman–Crippen LogP) is 2.61. The van der Waals surface area contributed by atoms with Crippen LogP contribution >= 0.6 is 0 Å². The Hall–Kier alpha value is -2.43. The summed E-state index contributed by atoms with van der Waals surface area (Å²) in [7, 11) is 1.81. The molecule has 0 atom stereocenters. The van der Waals surface area contributed by atoms with Gasteiger partial charge in [-0.1, -0.05) is 6.92 Å². The Labute approximate surface area is 131 Å². The van der Waals surface area contributed by atoms with Gasteiger partial charge >= 0.3 is 0 Å². The van der Waals surface area contributed by atoms with E-state index in [-0.39, 0.29) is 5.91 Å². The fourth-order valence-electron chi connectivity index (χ4n) is 2.05. The minimum atomic E-state index is -0.0106. The number of likely N-dealkylation sites (N-methyl/N-ethyl adjacent to an activating group) is 1. The van der Waals surface area contributed by atoms with Crippen molar-refractivity contribution in [1.29, 1.82) is 0 Å². The van der Waals surface area contributed by atoms with Crippen LogP contribution in [0.4, 0.5) is 5.82 Å². The van der Waals surface area contributed by atoms with Gasteiger partial charge in [-0.25, -0.2) is 4.98 Å². The number of carbonyl (C=O) groups excluding carboxylic acids is 1. The fourth-order valence-corrected chi connectivity index (χ4v) is 2.05. The third kappa shape index (κ3) is 4.55. The number of aromatic nitrogens is 2. The van der Waals surface area contributed by atoms with Gasteiger partial charge in [0.15, 0.2) is 0 Å². The Balaban J connectivity index is 1.89. The van der Waals surface area contributed by atoms with E-state index in [4.69, 9.17) is 0 Å². The summed E-state index contributed by atoms with van der Waals surface area (Å²) < 4.78 is 0. The number of hydrogen-bond acceptors (Lipinski definition) is 4. The first-order valence-corrected chi connectivity index (χ1v) is 7.55. The number of amides is 1. The van der Waals surface area contributed by atoms with Crippen LogP contribution in [0.25, 0.3) is 0 Å². The predicted molar refractivity (Wildman–Crippen MR) is 87.9 cm³/mol. The monoisotopic (exact) mass is 298 g/mol. The highest BCUT2D eigenvalue weighted by atomic mass is 16.2. The summed E-state index contributed by atoms with van der Waals surface area (Å²) >= 11 is 0. The second-order valence-corrected chi connectivity index (χ2v) is 5.19. The zero-order valence-corrected chi connectivity index (χ0v) is 13.1. The molecule has 2 aromatic rings. The maximum atomic E-state index is 12.3. The average molecular weight is 298 g/mol. The maximum Gasteiger partial charge on any atom is 0.255 e. The van der Waals surface area contributed by atoms with Crippen LogP contribution in [0.1, 0.15) is 29.3 Å². The molecule has 0 bridgehead atoms. The first-order valence-electron chi connectivity index (χ1n) is 7.55. The zero-order chi connectivity index (χ0) is 15.8. The standard InChI is InChI=1S/C17H22N4O/c1-3-9-19-16-5-4-15(13-20-16)17(22)21(2)12-8-14-6-10-18-11-7-14/h4-7,10-11,13H,3,8-9,12H2,1-2H3,(H,19,20). The molecule has 0 fully saturated rings. The quantitative estimate of drug-likeness (QED) is 0.853. The molecule has 0 aliphatic heterocycles. The topological polar surface area (TPSA) is 58.1 Å². The van der Waals surface area contributed by atoms with Crippen LogP contribution in [0.3, 0.4) is 0 Å². The van der Waals surface area contributed by atoms with E-state index in [0.29, 0.717) is 12.1 Å². The molecule has 5 heteroatoms. The van der Waals surface area contributed by atoms with Gasteiger partial charge in [0.05, 0.1) is 5.56 Å². The van der Waals surface area contributed by atoms with Crippen LogP contribution in [-0.4, -0.2) is 40.9 Å². The largest absolute Gasteiger partial charge is 0.370 e. The third-order valence-electron chi connectivity index (χ3n) is 3.40. The van der Waals surface area contributed by atoms with Crippen molar-refractivity contribution in [2.24, 2.45) is 0 Å². The van der Waals surface area contributed by atoms with E-state index >= 15 is 0 Å². The van der Waals surface area contributed by atoms with Gasteiger partial charge in [-0.15, -0.1) is 0 Å². The Kier molecular flexibility index (Phi) is 5.89. The Morgan fingerprint density at radius 2 is 2.00 bits per heavy atom. The lowest BCUT2D eigenvalue weighted by Gasteiger charge is -2.17. The van der Waals surface area contributed by atoms with Crippen molar-refractivity contribution < 1.29 is 4.79 Å². The van der Waals surface area contributed by atoms with Gasteiger partial charge in [-0.3, -0.25) is 9.78 Å². The van der Waals surface area contributed by atoms with Crippen LogP contribution < -0.4 is 5.32 Å². The van der Waals surface area contributed by atoms with Gasteiger partial charge in [-0.2, -0.15) is 0 Å². The highest BCUT2D eigenvalue weighted by Crippen LogP contribution is 2.08. The molecule has 2 heterocycles. The van der Waals surface area contributed by atoms with Crippen molar-refractivity contribution in [2.45, 2.75) is 19.8 Å². The van der Waals surface area contributed by atoms with Gasteiger partial charge < -0.3 is 10.2 Å². The van der Waals surface area contributed by atoms with Crippen LogP contribution in [0, 0.1) is 0 Å². The van der Waals surface area contributed by atoms with Gasteiger partial charge in [-0.05, 0) is 42.7 Å². The first kappa shape index (κ1) is 15.9. The number of rotatable bonds is 7. The molecule has 0 saturated heterocycles. The van der Waals surface area contributed by atoms with Crippen LogP contribution in [-0.2, 0) is 6.42 Å². The smallest absolute Gasteiger partial charge is 0.255 e. The van der Waals surface area contributed by atoms with E-state index in [0.717, 1.165) is 25.2 Å². The highest BCUT2D eigenvalue weighted by Gasteiger charge is 2.12. The molecule has 2 rings (SSSR count). The Morgan fingerprint density at radius 1 is 1.23 bits per heavy atom. The molecule has 0 saturated carbocycles. The van der Waals surface area contributed by atoms with Crippen LogP contribution in [0.5, 0.6) is 0 Å². The van der Waals surface area contributed by atoms with Crippen molar-refractivity contribution in [3.05, 3.63) is 54.0 Å². The number of pyridine rings is 2. The van der Waals surface area contributed by atoms with Crippen molar-refractivity contribution in [2.75, 3.05) is 25.5 Å². The first-order chi connectivity index (χ1) is 10.7. The van der Waals surface area contributed by atoms with Crippen molar-refractivity contribution >= 4 is 11.7 Å². The molecular weight excluding hydrogens is 276 g/mol. The molecule has 0 aliphatic carbocycles. The number of anilines is 1. The summed E-state index contributed by atoms with van der Waals surface area (Å²) in [6.45, 7) is 3.65. The number of nitrogens with one attached hydrogen (secondary N) is 1. The third-order valence-corrected chi connectivity index (χ3v) is 3.40. The molecule has 0 aromatic carbocycles. The van der Waals surface area contributed by atoms with Gasteiger partial charge in [0.25, 0.3) is 5.91 Å². The van der Waals surface area contributed by atoms with Crippen molar-refractivity contribution in [3.8, 4) is 0 Å². The molecule has 2 aromatic heterocycles. The maximum absolute atomic E-state index is 12.3. The van der Waals surface area contributed by atoms with E-state index in [9.17, 15) is 4.79 Å². The lowest BCUT2D eigenvalue weighted by molar-refractivity contribution is 0.0796. The second kappa shape index (κ2) is 8.12. The zero-order valence-electron chi connectivity index (χ0n) is 13.1. The molecule has 0 aliphatic rings. The van der Waals surface area contributed by atoms with Crippen LogP contribution in [0.2, 0.25) is 0 Å². The van der Waals surface area contributed by atoms with Crippen molar-refractivity contribution in [3.63, 3.8) is 0 Å². The lowest BCUT2D eigenvalue weighted by Crippen LogP contribution is -2.29. The lowest BCUT2D eigenvalue weighted by atomic mass is 10.2. The summed E-state index contributed by atoms with van der Waals surface area (Å²) in [6, 6.07) is 7.60. The molecule has 0 unspecified atom stereocenters. The SMILES string of the molecule is CCCNc1ccc(C(=O)N(C)CCc2ccncc2)cn1.